The molecule has 0 bridgehead atoms. The molecule has 3 aliphatic carbocycles. The largest absolute Gasteiger partial charge is 0.311 e. The van der Waals surface area contributed by atoms with Gasteiger partial charge in [-0.3, -0.25) is 0 Å². The molecule has 11 rings (SSSR count). The van der Waals surface area contributed by atoms with Crippen molar-refractivity contribution in [2.45, 2.75) is 162 Å². The summed E-state index contributed by atoms with van der Waals surface area (Å²) in [4.78, 5) is 5.41. The van der Waals surface area contributed by atoms with E-state index in [1.54, 1.807) is 0 Å². The number of hydrogen-bond acceptors (Lipinski definition) is 2. The van der Waals surface area contributed by atoms with Gasteiger partial charge in [0, 0.05) is 34.1 Å². The highest BCUT2D eigenvalue weighted by molar-refractivity contribution is 7.00. The van der Waals surface area contributed by atoms with Gasteiger partial charge in [-0.05, 0) is 193 Å². The molecule has 2 nitrogen and oxygen atoms in total. The number of rotatable bonds is 3. The second-order valence-electron chi connectivity index (χ2n) is 24.9. The van der Waals surface area contributed by atoms with Gasteiger partial charge in [0.05, 0.1) is 0 Å². The number of hydrogen-bond donors (Lipinski definition) is 0. The third-order valence-electron chi connectivity index (χ3n) is 17.1. The fraction of sp³-hybridized carbons (Fsp3) is 0.410. The van der Waals surface area contributed by atoms with Crippen LogP contribution >= 0.6 is 0 Å². The van der Waals surface area contributed by atoms with Gasteiger partial charge in [0.15, 0.2) is 0 Å². The molecule has 6 aromatic rings. The van der Waals surface area contributed by atoms with E-state index in [4.69, 9.17) is 0 Å². The van der Waals surface area contributed by atoms with E-state index in [0.29, 0.717) is 0 Å². The molecule has 0 radical (unpaired) electrons. The summed E-state index contributed by atoms with van der Waals surface area (Å²) in [7, 11) is 0. The first-order chi connectivity index (χ1) is 29.9. The lowest BCUT2D eigenvalue weighted by atomic mass is 9.33. The summed E-state index contributed by atoms with van der Waals surface area (Å²) in [5.41, 5.74) is 28.2. The third-order valence-corrected chi connectivity index (χ3v) is 17.1. The maximum atomic E-state index is 2.73. The zero-order valence-corrected chi connectivity index (χ0v) is 41.5. The van der Waals surface area contributed by atoms with Crippen molar-refractivity contribution in [2.75, 3.05) is 9.80 Å². The average molecular weight is 841 g/mol. The quantitative estimate of drug-likeness (QED) is 0.164. The smallest absolute Gasteiger partial charge is 0.252 e. The van der Waals surface area contributed by atoms with E-state index >= 15 is 0 Å². The minimum atomic E-state index is 0.0492. The number of fused-ring (bicyclic) bond motifs is 7. The Balaban J connectivity index is 1.27. The summed E-state index contributed by atoms with van der Waals surface area (Å²) in [6.07, 6.45) is 4.66. The summed E-state index contributed by atoms with van der Waals surface area (Å²) >= 11 is 0. The van der Waals surface area contributed by atoms with Crippen LogP contribution in [-0.4, -0.2) is 6.71 Å². The summed E-state index contributed by atoms with van der Waals surface area (Å²) in [6, 6.07) is 39.1. The molecule has 0 unspecified atom stereocenters. The van der Waals surface area contributed by atoms with Gasteiger partial charge in [-0.25, -0.2) is 0 Å². The van der Waals surface area contributed by atoms with Crippen molar-refractivity contribution in [1.29, 1.82) is 0 Å². The Morgan fingerprint density at radius 3 is 1.31 bits per heavy atom. The van der Waals surface area contributed by atoms with Crippen LogP contribution in [0.1, 0.15) is 159 Å². The van der Waals surface area contributed by atoms with E-state index in [2.05, 4.69) is 211 Å². The van der Waals surface area contributed by atoms with Crippen molar-refractivity contribution in [1.82, 2.24) is 0 Å². The van der Waals surface area contributed by atoms with Crippen LogP contribution in [0.4, 0.5) is 34.1 Å². The van der Waals surface area contributed by atoms with Crippen LogP contribution in [0.5, 0.6) is 0 Å². The first kappa shape index (κ1) is 41.7. The first-order valence-electron chi connectivity index (χ1n) is 24.3. The molecule has 0 N–H and O–H groups in total. The second kappa shape index (κ2) is 13.1. The highest BCUT2D eigenvalue weighted by atomic mass is 15.2. The van der Waals surface area contributed by atoms with E-state index in [9.17, 15) is 0 Å². The zero-order valence-electron chi connectivity index (χ0n) is 41.5. The van der Waals surface area contributed by atoms with Gasteiger partial charge in [-0.1, -0.05) is 144 Å². The Morgan fingerprint density at radius 1 is 0.375 bits per heavy atom. The van der Waals surface area contributed by atoms with Crippen molar-refractivity contribution in [3.8, 4) is 11.1 Å². The lowest BCUT2D eigenvalue weighted by molar-refractivity contribution is 0.332. The van der Waals surface area contributed by atoms with E-state index in [1.165, 1.54) is 125 Å². The lowest BCUT2D eigenvalue weighted by Crippen LogP contribution is -2.62. The van der Waals surface area contributed by atoms with Crippen LogP contribution < -0.4 is 26.2 Å². The van der Waals surface area contributed by atoms with Crippen LogP contribution in [0.3, 0.4) is 0 Å². The van der Waals surface area contributed by atoms with Crippen molar-refractivity contribution in [2.24, 2.45) is 0 Å². The third kappa shape index (κ3) is 5.83. The van der Waals surface area contributed by atoms with E-state index in [0.717, 1.165) is 12.8 Å². The molecule has 2 aliphatic heterocycles. The van der Waals surface area contributed by atoms with E-state index in [1.807, 2.05) is 0 Å². The van der Waals surface area contributed by atoms with Gasteiger partial charge in [0.2, 0.25) is 0 Å². The molecule has 64 heavy (non-hydrogen) atoms. The Morgan fingerprint density at radius 2 is 0.797 bits per heavy atom. The molecule has 2 heterocycles. The fourth-order valence-corrected chi connectivity index (χ4v) is 14.2. The molecular weight excluding hydrogens is 771 g/mol. The summed E-state index contributed by atoms with van der Waals surface area (Å²) in [6.45, 7) is 36.7. The average Bonchev–Trinajstić information content (AvgIpc) is 3.51. The Bertz CT molecular complexity index is 2990. The minimum absolute atomic E-state index is 0.0492. The molecule has 6 aromatic carbocycles. The highest BCUT2D eigenvalue weighted by Gasteiger charge is 2.49. The normalized spacial score (nSPS) is 20.5. The van der Waals surface area contributed by atoms with Gasteiger partial charge >= 0.3 is 0 Å². The van der Waals surface area contributed by atoms with Crippen LogP contribution in [0.15, 0.2) is 97.1 Å². The van der Waals surface area contributed by atoms with E-state index < -0.39 is 0 Å². The molecule has 0 saturated heterocycles. The molecule has 0 amide bonds. The minimum Gasteiger partial charge on any atom is -0.311 e. The second-order valence-corrected chi connectivity index (χ2v) is 24.9. The molecule has 326 valence electrons. The van der Waals surface area contributed by atoms with E-state index in [-0.39, 0.29) is 39.2 Å². The molecule has 0 spiro atoms. The van der Waals surface area contributed by atoms with Crippen LogP contribution in [0, 0.1) is 20.8 Å². The SMILES string of the molecule is Cc1cc2c3c(c1)N(c1cc4c(cc1C)C(C)(C)CC4(C)C)c1cc4c(cc1B3c1cc(-c3ccccc3)ccc1N2c1cc2c(cc1C)C(C)(C)CC2(C)C)C(C)(C)CCC4(C)C. The lowest BCUT2D eigenvalue weighted by Gasteiger charge is -2.48. The standard InChI is InChI=1S/C61H69BN2/c1-36-25-53-55-54(26-36)64(51-32-46-42(28-38(51)3)59(10,11)35-61(46,14)15)52-33-44-43(56(4,5)23-24-57(44,6)7)30-48(52)62(55)47-29-40(39-19-17-16-18-20-39)21-22-49(47)63(53)50-31-45-41(27-37(50)2)58(8,9)34-60(45,12)13/h16-22,25-33H,23-24,34-35H2,1-15H3. The van der Waals surface area contributed by atoms with Crippen molar-refractivity contribution in [3.05, 3.63) is 147 Å². The molecule has 0 saturated carbocycles. The van der Waals surface area contributed by atoms with Crippen molar-refractivity contribution in [3.63, 3.8) is 0 Å². The highest BCUT2D eigenvalue weighted by Crippen LogP contribution is 2.56. The predicted octanol–water partition coefficient (Wildman–Crippen LogP) is 14.6. The summed E-state index contributed by atoms with van der Waals surface area (Å²) in [5.74, 6) is 0. The first-order valence-corrected chi connectivity index (χ1v) is 24.3. The Hall–Kier alpha value is -5.02. The maximum Gasteiger partial charge on any atom is 0.252 e. The topological polar surface area (TPSA) is 6.48 Å². The van der Waals surface area contributed by atoms with Crippen molar-refractivity contribution < 1.29 is 0 Å². The Labute approximate surface area is 385 Å². The molecule has 5 aliphatic rings. The van der Waals surface area contributed by atoms with Gasteiger partial charge in [0.1, 0.15) is 0 Å². The Kier molecular flexibility index (Phi) is 8.52. The van der Waals surface area contributed by atoms with Gasteiger partial charge in [0.25, 0.3) is 6.71 Å². The predicted molar refractivity (Wildman–Crippen MR) is 277 cm³/mol. The molecule has 0 aromatic heterocycles. The van der Waals surface area contributed by atoms with Crippen LogP contribution in [0.2, 0.25) is 0 Å². The summed E-state index contributed by atoms with van der Waals surface area (Å²) in [5, 5.41) is 0. The monoisotopic (exact) mass is 841 g/mol. The summed E-state index contributed by atoms with van der Waals surface area (Å²) < 4.78 is 0. The van der Waals surface area contributed by atoms with Crippen molar-refractivity contribution >= 4 is 57.2 Å². The molecule has 3 heteroatoms. The number of benzene rings is 6. The zero-order chi connectivity index (χ0) is 45.4. The number of aryl methyl sites for hydroxylation is 3. The fourth-order valence-electron chi connectivity index (χ4n) is 14.2. The molecule has 0 fully saturated rings. The van der Waals surface area contributed by atoms with Gasteiger partial charge < -0.3 is 9.80 Å². The van der Waals surface area contributed by atoms with Gasteiger partial charge in [-0.2, -0.15) is 0 Å². The van der Waals surface area contributed by atoms with Gasteiger partial charge in [-0.15, -0.1) is 0 Å². The molecule has 0 atom stereocenters. The maximum absolute atomic E-state index is 2.73. The number of nitrogens with zero attached hydrogens (tertiary/aromatic N) is 2. The number of anilines is 6. The molecular formula is C61H69BN2. The van der Waals surface area contributed by atoms with Crippen LogP contribution in [0.25, 0.3) is 11.1 Å². The van der Waals surface area contributed by atoms with Crippen LogP contribution in [-0.2, 0) is 32.5 Å².